The number of ether oxygens (including phenoxy) is 1. The van der Waals surface area contributed by atoms with Crippen LogP contribution in [0.2, 0.25) is 0 Å². The minimum Gasteiger partial charge on any atom is -0.465 e. The molecule has 0 saturated heterocycles. The van der Waals surface area contributed by atoms with E-state index in [0.29, 0.717) is 11.1 Å². The number of hydrogen-bond acceptors (Lipinski definition) is 3. The van der Waals surface area contributed by atoms with Crippen molar-refractivity contribution >= 4 is 11.8 Å². The third kappa shape index (κ3) is 3.50. The number of fused-ring (bicyclic) bond motifs is 1. The Labute approximate surface area is 168 Å². The maximum absolute atomic E-state index is 13.3. The Morgan fingerprint density at radius 3 is 1.89 bits per heavy atom. The topological polar surface area (TPSA) is 43.4 Å². The fourth-order valence-electron chi connectivity index (χ4n) is 4.19. The summed E-state index contributed by atoms with van der Waals surface area (Å²) < 4.78 is 4.74. The van der Waals surface area contributed by atoms with E-state index in [-0.39, 0.29) is 16.6 Å². The first-order valence-corrected chi connectivity index (χ1v) is 10.0. The van der Waals surface area contributed by atoms with Crippen molar-refractivity contribution < 1.29 is 14.3 Å². The van der Waals surface area contributed by atoms with Crippen molar-refractivity contribution in [3.63, 3.8) is 0 Å². The maximum atomic E-state index is 13.3. The van der Waals surface area contributed by atoms with Crippen LogP contribution in [0.15, 0.2) is 36.4 Å². The zero-order valence-corrected chi connectivity index (χ0v) is 17.8. The lowest BCUT2D eigenvalue weighted by Gasteiger charge is -2.42. The van der Waals surface area contributed by atoms with Crippen LogP contribution in [0.1, 0.15) is 90.4 Å². The van der Waals surface area contributed by atoms with Gasteiger partial charge in [0, 0.05) is 11.1 Å². The molecular formula is C25H30O3. The highest BCUT2D eigenvalue weighted by Crippen LogP contribution is 2.46. The molecule has 0 atom stereocenters. The molecular weight excluding hydrogens is 348 g/mol. The zero-order chi connectivity index (χ0) is 20.7. The molecule has 1 aliphatic rings. The molecule has 28 heavy (non-hydrogen) atoms. The number of ketones is 1. The molecule has 0 heterocycles. The first-order valence-electron chi connectivity index (χ1n) is 10.0. The Bertz CT molecular complexity index is 918. The van der Waals surface area contributed by atoms with Crippen molar-refractivity contribution in [2.75, 3.05) is 7.11 Å². The Hall–Kier alpha value is -2.42. The molecule has 0 amide bonds. The fourth-order valence-corrected chi connectivity index (χ4v) is 4.19. The maximum Gasteiger partial charge on any atom is 0.337 e. The highest BCUT2D eigenvalue weighted by atomic mass is 16.5. The summed E-state index contributed by atoms with van der Waals surface area (Å²) in [7, 11) is 1.35. The molecule has 0 saturated carbocycles. The van der Waals surface area contributed by atoms with E-state index < -0.39 is 5.97 Å². The van der Waals surface area contributed by atoms with Gasteiger partial charge in [0.2, 0.25) is 0 Å². The lowest BCUT2D eigenvalue weighted by Crippen LogP contribution is -2.34. The first-order chi connectivity index (χ1) is 13.1. The van der Waals surface area contributed by atoms with Gasteiger partial charge in [0.1, 0.15) is 0 Å². The molecule has 0 aromatic heterocycles. The summed E-state index contributed by atoms with van der Waals surface area (Å²) in [6.07, 6.45) is 3.07. The number of methoxy groups -OCH3 is 1. The van der Waals surface area contributed by atoms with Crippen LogP contribution in [0.4, 0.5) is 0 Å². The van der Waals surface area contributed by atoms with E-state index in [4.69, 9.17) is 4.74 Å². The molecule has 148 valence electrons. The van der Waals surface area contributed by atoms with Crippen molar-refractivity contribution in [1.82, 2.24) is 0 Å². The summed E-state index contributed by atoms with van der Waals surface area (Å²) in [5, 5.41) is 0. The number of esters is 1. The van der Waals surface area contributed by atoms with Crippen molar-refractivity contribution in [3.8, 4) is 0 Å². The molecule has 0 unspecified atom stereocenters. The second kappa shape index (κ2) is 7.20. The number of aryl methyl sites for hydroxylation is 1. The van der Waals surface area contributed by atoms with Gasteiger partial charge in [0.25, 0.3) is 0 Å². The Morgan fingerprint density at radius 2 is 1.39 bits per heavy atom. The van der Waals surface area contributed by atoms with Crippen molar-refractivity contribution in [2.24, 2.45) is 0 Å². The number of hydrogen-bond donors (Lipinski definition) is 0. The van der Waals surface area contributed by atoms with Gasteiger partial charge in [-0.3, -0.25) is 4.79 Å². The van der Waals surface area contributed by atoms with Crippen molar-refractivity contribution in [2.45, 2.75) is 64.7 Å². The lowest BCUT2D eigenvalue weighted by molar-refractivity contribution is 0.0600. The van der Waals surface area contributed by atoms with Crippen LogP contribution in [0.3, 0.4) is 0 Å². The average Bonchev–Trinajstić information content (AvgIpc) is 2.69. The molecule has 0 spiro atoms. The average molecular weight is 379 g/mol. The van der Waals surface area contributed by atoms with Crippen LogP contribution in [-0.2, 0) is 22.0 Å². The Morgan fingerprint density at radius 1 is 0.893 bits per heavy atom. The van der Waals surface area contributed by atoms with Gasteiger partial charge < -0.3 is 4.74 Å². The van der Waals surface area contributed by atoms with Crippen molar-refractivity contribution in [3.05, 3.63) is 69.8 Å². The highest BCUT2D eigenvalue weighted by Gasteiger charge is 2.38. The predicted molar refractivity (Wildman–Crippen MR) is 112 cm³/mol. The van der Waals surface area contributed by atoms with E-state index in [1.165, 1.54) is 18.2 Å². The molecule has 0 bridgehead atoms. The van der Waals surface area contributed by atoms with Crippen LogP contribution < -0.4 is 0 Å². The van der Waals surface area contributed by atoms with Crippen LogP contribution in [0.25, 0.3) is 0 Å². The van der Waals surface area contributed by atoms with Gasteiger partial charge in [-0.15, -0.1) is 0 Å². The summed E-state index contributed by atoms with van der Waals surface area (Å²) >= 11 is 0. The SMILES string of the molecule is CCc1cc2c(cc1C(=O)c1ccc(C(=O)OC)cc1)C(C)(C)CCC2(C)C. The van der Waals surface area contributed by atoms with Gasteiger partial charge in [-0.1, -0.05) is 52.8 Å². The summed E-state index contributed by atoms with van der Waals surface area (Å²) in [5.74, 6) is -0.388. The molecule has 0 aliphatic heterocycles. The lowest BCUT2D eigenvalue weighted by atomic mass is 9.62. The fraction of sp³-hybridized carbons (Fsp3) is 0.440. The summed E-state index contributed by atoms with van der Waals surface area (Å²) in [6.45, 7) is 11.2. The quantitative estimate of drug-likeness (QED) is 0.512. The number of carbonyl (C=O) groups is 2. The normalized spacial score (nSPS) is 16.9. The highest BCUT2D eigenvalue weighted by molar-refractivity contribution is 6.10. The standard InChI is InChI=1S/C25H30O3/c1-7-16-14-20-21(25(4,5)13-12-24(20,2)3)15-19(16)22(26)17-8-10-18(11-9-17)23(27)28-6/h8-11,14-15H,7,12-13H2,1-6H3. The van der Waals surface area contributed by atoms with Crippen LogP contribution in [0, 0.1) is 0 Å². The second-order valence-corrected chi connectivity index (χ2v) is 9.07. The first kappa shape index (κ1) is 20.3. The van der Waals surface area contributed by atoms with Crippen LogP contribution >= 0.6 is 0 Å². The molecule has 1 aliphatic carbocycles. The molecule has 0 fully saturated rings. The zero-order valence-electron chi connectivity index (χ0n) is 17.8. The molecule has 3 heteroatoms. The third-order valence-corrected chi connectivity index (χ3v) is 6.27. The van der Waals surface area contributed by atoms with E-state index in [1.54, 1.807) is 24.3 Å². The molecule has 0 radical (unpaired) electrons. The smallest absolute Gasteiger partial charge is 0.337 e. The predicted octanol–water partition coefficient (Wildman–Crippen LogP) is 5.62. The Kier molecular flexibility index (Phi) is 5.22. The van der Waals surface area contributed by atoms with Gasteiger partial charge in [-0.05, 0) is 65.0 Å². The molecule has 2 aromatic rings. The number of carbonyl (C=O) groups excluding carboxylic acids is 2. The van der Waals surface area contributed by atoms with E-state index in [0.717, 1.165) is 30.4 Å². The summed E-state index contributed by atoms with van der Waals surface area (Å²) in [4.78, 5) is 25.0. The Balaban J connectivity index is 2.09. The van der Waals surface area contributed by atoms with Gasteiger partial charge in [-0.25, -0.2) is 4.79 Å². The molecule has 0 N–H and O–H groups in total. The monoisotopic (exact) mass is 378 g/mol. The number of benzene rings is 2. The molecule has 3 nitrogen and oxygen atoms in total. The van der Waals surface area contributed by atoms with E-state index >= 15 is 0 Å². The van der Waals surface area contributed by atoms with Crippen LogP contribution in [-0.4, -0.2) is 18.9 Å². The van der Waals surface area contributed by atoms with E-state index in [9.17, 15) is 9.59 Å². The minimum atomic E-state index is -0.397. The van der Waals surface area contributed by atoms with Crippen LogP contribution in [0.5, 0.6) is 0 Å². The van der Waals surface area contributed by atoms with Gasteiger partial charge in [-0.2, -0.15) is 0 Å². The van der Waals surface area contributed by atoms with Gasteiger partial charge in [0.05, 0.1) is 12.7 Å². The summed E-state index contributed by atoms with van der Waals surface area (Å²) in [6, 6.07) is 11.1. The minimum absolute atomic E-state index is 0.00949. The second-order valence-electron chi connectivity index (χ2n) is 9.07. The van der Waals surface area contributed by atoms with Gasteiger partial charge >= 0.3 is 5.97 Å². The third-order valence-electron chi connectivity index (χ3n) is 6.27. The molecule has 2 aromatic carbocycles. The van der Waals surface area contributed by atoms with E-state index in [1.807, 2.05) is 0 Å². The van der Waals surface area contributed by atoms with E-state index in [2.05, 4.69) is 46.8 Å². The largest absolute Gasteiger partial charge is 0.465 e. The number of rotatable bonds is 4. The molecule has 3 rings (SSSR count). The summed E-state index contributed by atoms with van der Waals surface area (Å²) in [5.41, 5.74) is 5.75. The van der Waals surface area contributed by atoms with Crippen molar-refractivity contribution in [1.29, 1.82) is 0 Å². The van der Waals surface area contributed by atoms with Gasteiger partial charge in [0.15, 0.2) is 5.78 Å².